The smallest absolute Gasteiger partial charge is 0.248 e. The Labute approximate surface area is 89.6 Å². The van der Waals surface area contributed by atoms with E-state index in [4.69, 9.17) is 11.5 Å². The number of hydrogen-bond acceptors (Lipinski definition) is 3. The van der Waals surface area contributed by atoms with E-state index in [1.165, 1.54) is 0 Å². The van der Waals surface area contributed by atoms with Crippen LogP contribution in [0, 0.1) is 0 Å². The lowest BCUT2D eigenvalue weighted by Crippen LogP contribution is -2.12. The fourth-order valence-electron chi connectivity index (χ4n) is 1.26. The van der Waals surface area contributed by atoms with E-state index < -0.39 is 5.91 Å². The lowest BCUT2D eigenvalue weighted by atomic mass is 10.1. The van der Waals surface area contributed by atoms with E-state index in [2.05, 4.69) is 12.2 Å². The van der Waals surface area contributed by atoms with Gasteiger partial charge in [0.2, 0.25) is 5.91 Å². The second-order valence-corrected chi connectivity index (χ2v) is 3.45. The number of anilines is 2. The summed E-state index contributed by atoms with van der Waals surface area (Å²) >= 11 is 0. The van der Waals surface area contributed by atoms with E-state index in [-0.39, 0.29) is 0 Å². The maximum absolute atomic E-state index is 10.9. The fourth-order valence-corrected chi connectivity index (χ4v) is 1.26. The van der Waals surface area contributed by atoms with Crippen molar-refractivity contribution in [3.05, 3.63) is 23.8 Å². The average molecular weight is 207 g/mol. The van der Waals surface area contributed by atoms with E-state index in [1.54, 1.807) is 18.2 Å². The van der Waals surface area contributed by atoms with Gasteiger partial charge in [0.05, 0.1) is 11.4 Å². The van der Waals surface area contributed by atoms with Crippen LogP contribution in [0.25, 0.3) is 0 Å². The van der Waals surface area contributed by atoms with Gasteiger partial charge < -0.3 is 16.8 Å². The SMILES string of the molecule is CCCCNc1cc(C(N)=O)ccc1N. The zero-order valence-corrected chi connectivity index (χ0v) is 8.92. The van der Waals surface area contributed by atoms with Crippen molar-refractivity contribution in [1.29, 1.82) is 0 Å². The summed E-state index contributed by atoms with van der Waals surface area (Å²) in [7, 11) is 0. The van der Waals surface area contributed by atoms with E-state index in [0.717, 1.165) is 25.1 Å². The molecule has 0 spiro atoms. The molecule has 1 aromatic carbocycles. The normalized spacial score (nSPS) is 9.93. The molecule has 0 bridgehead atoms. The molecule has 82 valence electrons. The summed E-state index contributed by atoms with van der Waals surface area (Å²) in [6.45, 7) is 2.97. The lowest BCUT2D eigenvalue weighted by Gasteiger charge is -2.09. The molecular formula is C11H17N3O. The number of hydrogen-bond donors (Lipinski definition) is 3. The standard InChI is InChI=1S/C11H17N3O/c1-2-3-6-14-10-7-8(11(13)15)4-5-9(10)12/h4-5,7,14H,2-3,6,12H2,1H3,(H2,13,15). The van der Waals surface area contributed by atoms with Crippen molar-refractivity contribution in [2.75, 3.05) is 17.6 Å². The van der Waals surface area contributed by atoms with Crippen molar-refractivity contribution in [2.45, 2.75) is 19.8 Å². The van der Waals surface area contributed by atoms with Gasteiger partial charge in [-0.15, -0.1) is 0 Å². The van der Waals surface area contributed by atoms with Gasteiger partial charge in [-0.1, -0.05) is 13.3 Å². The molecule has 0 aliphatic rings. The molecule has 15 heavy (non-hydrogen) atoms. The van der Waals surface area contributed by atoms with E-state index in [0.29, 0.717) is 11.3 Å². The van der Waals surface area contributed by atoms with Crippen LogP contribution in [-0.2, 0) is 0 Å². The number of nitrogens with one attached hydrogen (secondary N) is 1. The first kappa shape index (κ1) is 11.4. The quantitative estimate of drug-likeness (QED) is 0.506. The number of rotatable bonds is 5. The molecule has 0 fully saturated rings. The third-order valence-electron chi connectivity index (χ3n) is 2.18. The van der Waals surface area contributed by atoms with Crippen molar-refractivity contribution in [3.63, 3.8) is 0 Å². The third kappa shape index (κ3) is 3.16. The van der Waals surface area contributed by atoms with Crippen LogP contribution in [0.4, 0.5) is 11.4 Å². The van der Waals surface area contributed by atoms with Gasteiger partial charge in [0.15, 0.2) is 0 Å². The van der Waals surface area contributed by atoms with Gasteiger partial charge >= 0.3 is 0 Å². The first-order valence-corrected chi connectivity index (χ1v) is 5.08. The second-order valence-electron chi connectivity index (χ2n) is 3.45. The zero-order valence-electron chi connectivity index (χ0n) is 8.92. The Kier molecular flexibility index (Phi) is 3.97. The number of nitrogens with two attached hydrogens (primary N) is 2. The molecule has 0 aliphatic heterocycles. The molecule has 0 saturated heterocycles. The van der Waals surface area contributed by atoms with Crippen molar-refractivity contribution in [2.24, 2.45) is 5.73 Å². The molecule has 1 rings (SSSR count). The molecular weight excluding hydrogens is 190 g/mol. The first-order chi connectivity index (χ1) is 7.15. The predicted octanol–water partition coefficient (Wildman–Crippen LogP) is 1.58. The number of amides is 1. The topological polar surface area (TPSA) is 81.1 Å². The monoisotopic (exact) mass is 207 g/mol. The Morgan fingerprint density at radius 2 is 2.20 bits per heavy atom. The van der Waals surface area contributed by atoms with Gasteiger partial charge in [-0.2, -0.15) is 0 Å². The van der Waals surface area contributed by atoms with Crippen LogP contribution in [0.5, 0.6) is 0 Å². The predicted molar refractivity (Wildman–Crippen MR) is 62.8 cm³/mol. The van der Waals surface area contributed by atoms with Gasteiger partial charge in [-0.05, 0) is 24.6 Å². The van der Waals surface area contributed by atoms with Gasteiger partial charge in [0, 0.05) is 12.1 Å². The summed E-state index contributed by atoms with van der Waals surface area (Å²) in [6, 6.07) is 5.00. The minimum Gasteiger partial charge on any atom is -0.397 e. The number of benzene rings is 1. The minimum atomic E-state index is -0.437. The Hall–Kier alpha value is -1.71. The Morgan fingerprint density at radius 1 is 1.47 bits per heavy atom. The van der Waals surface area contributed by atoms with Gasteiger partial charge in [-0.3, -0.25) is 4.79 Å². The summed E-state index contributed by atoms with van der Waals surface area (Å²) in [5, 5.41) is 3.18. The van der Waals surface area contributed by atoms with Crippen molar-refractivity contribution in [1.82, 2.24) is 0 Å². The fraction of sp³-hybridized carbons (Fsp3) is 0.364. The van der Waals surface area contributed by atoms with Crippen LogP contribution in [0.1, 0.15) is 30.1 Å². The number of primary amides is 1. The highest BCUT2D eigenvalue weighted by molar-refractivity contribution is 5.94. The summed E-state index contributed by atoms with van der Waals surface area (Å²) in [5.41, 5.74) is 12.8. The van der Waals surface area contributed by atoms with Crippen LogP contribution in [0.3, 0.4) is 0 Å². The molecule has 1 aromatic rings. The summed E-state index contributed by atoms with van der Waals surface area (Å²) in [5.74, 6) is -0.437. The van der Waals surface area contributed by atoms with E-state index >= 15 is 0 Å². The highest BCUT2D eigenvalue weighted by Gasteiger charge is 2.04. The summed E-state index contributed by atoms with van der Waals surface area (Å²) in [6.07, 6.45) is 2.18. The van der Waals surface area contributed by atoms with E-state index in [9.17, 15) is 4.79 Å². The van der Waals surface area contributed by atoms with Crippen LogP contribution in [0.2, 0.25) is 0 Å². The number of carbonyl (C=O) groups excluding carboxylic acids is 1. The zero-order chi connectivity index (χ0) is 11.3. The third-order valence-corrected chi connectivity index (χ3v) is 2.18. The molecule has 4 heteroatoms. The number of unbranched alkanes of at least 4 members (excludes halogenated alkanes) is 1. The number of nitrogen functional groups attached to an aromatic ring is 1. The summed E-state index contributed by atoms with van der Waals surface area (Å²) < 4.78 is 0. The Bertz CT molecular complexity index is 350. The number of carbonyl (C=O) groups is 1. The second kappa shape index (κ2) is 5.24. The molecule has 0 unspecified atom stereocenters. The van der Waals surface area contributed by atoms with Crippen LogP contribution >= 0.6 is 0 Å². The van der Waals surface area contributed by atoms with Crippen LogP contribution < -0.4 is 16.8 Å². The Morgan fingerprint density at radius 3 is 2.80 bits per heavy atom. The Balaban J connectivity index is 2.76. The minimum absolute atomic E-state index is 0.437. The molecule has 0 aromatic heterocycles. The molecule has 0 heterocycles. The molecule has 0 saturated carbocycles. The molecule has 1 amide bonds. The largest absolute Gasteiger partial charge is 0.397 e. The maximum atomic E-state index is 10.9. The molecule has 5 N–H and O–H groups in total. The molecule has 4 nitrogen and oxygen atoms in total. The molecule has 0 aliphatic carbocycles. The average Bonchev–Trinajstić information content (AvgIpc) is 2.20. The van der Waals surface area contributed by atoms with Gasteiger partial charge in [-0.25, -0.2) is 0 Å². The van der Waals surface area contributed by atoms with Gasteiger partial charge in [0.25, 0.3) is 0 Å². The van der Waals surface area contributed by atoms with Crippen molar-refractivity contribution >= 4 is 17.3 Å². The van der Waals surface area contributed by atoms with Crippen LogP contribution in [-0.4, -0.2) is 12.5 Å². The molecule has 0 atom stereocenters. The highest BCUT2D eigenvalue weighted by Crippen LogP contribution is 2.19. The highest BCUT2D eigenvalue weighted by atomic mass is 16.1. The van der Waals surface area contributed by atoms with E-state index in [1.807, 2.05) is 0 Å². The van der Waals surface area contributed by atoms with Crippen molar-refractivity contribution in [3.8, 4) is 0 Å². The van der Waals surface area contributed by atoms with Crippen LogP contribution in [0.15, 0.2) is 18.2 Å². The molecule has 0 radical (unpaired) electrons. The van der Waals surface area contributed by atoms with Crippen molar-refractivity contribution < 1.29 is 4.79 Å². The first-order valence-electron chi connectivity index (χ1n) is 5.08. The maximum Gasteiger partial charge on any atom is 0.248 e. The summed E-state index contributed by atoms with van der Waals surface area (Å²) in [4.78, 5) is 10.9. The van der Waals surface area contributed by atoms with Gasteiger partial charge in [0.1, 0.15) is 0 Å². The lowest BCUT2D eigenvalue weighted by molar-refractivity contribution is 0.100.